The number of aliphatic hydroxyl groups excluding tert-OH is 1. The third-order valence-electron chi connectivity index (χ3n) is 14.4. The number of hydrogen-bond donors (Lipinski definition) is 4. The van der Waals surface area contributed by atoms with Crippen molar-refractivity contribution in [1.29, 1.82) is 0 Å². The maximum absolute atomic E-state index is 11.8. The fourth-order valence-electron chi connectivity index (χ4n) is 11.6. The van der Waals surface area contributed by atoms with E-state index < -0.39 is 16.5 Å². The summed E-state index contributed by atoms with van der Waals surface area (Å²) >= 11 is 0. The van der Waals surface area contributed by atoms with E-state index >= 15 is 0 Å². The van der Waals surface area contributed by atoms with Gasteiger partial charge in [-0.05, 0) is 155 Å². The lowest BCUT2D eigenvalue weighted by Gasteiger charge is -2.62. The van der Waals surface area contributed by atoms with Crippen LogP contribution in [0.25, 0.3) is 0 Å². The van der Waals surface area contributed by atoms with Gasteiger partial charge in [-0.2, -0.15) is 8.42 Å². The summed E-state index contributed by atoms with van der Waals surface area (Å²) in [7, 11) is -4.45. The molecule has 0 saturated heterocycles. The van der Waals surface area contributed by atoms with Gasteiger partial charge in [0.25, 0.3) is 0 Å². The molecule has 0 aromatic heterocycles. The largest absolute Gasteiger partial charge is 0.397 e. The van der Waals surface area contributed by atoms with Gasteiger partial charge >= 0.3 is 10.4 Å². The average Bonchev–Trinajstić information content (AvgIpc) is 3.36. The normalized spacial score (nSPS) is 36.5. The minimum atomic E-state index is -4.45. The second kappa shape index (κ2) is 18.0. The molecule has 4 aliphatic carbocycles. The Kier molecular flexibility index (Phi) is 15.2. The summed E-state index contributed by atoms with van der Waals surface area (Å²) in [6.45, 7) is 19.3. The van der Waals surface area contributed by atoms with Crippen LogP contribution in [0.4, 0.5) is 0 Å². The molecule has 4 fully saturated rings. The zero-order valence-electron chi connectivity index (χ0n) is 32.0. The molecule has 0 spiro atoms. The van der Waals surface area contributed by atoms with Crippen molar-refractivity contribution in [1.82, 2.24) is 10.6 Å². The predicted molar refractivity (Wildman–Crippen MR) is 198 cm³/mol. The van der Waals surface area contributed by atoms with E-state index in [4.69, 9.17) is 4.18 Å². The van der Waals surface area contributed by atoms with Crippen LogP contribution < -0.4 is 10.6 Å². The molecule has 48 heavy (non-hydrogen) atoms. The Labute approximate surface area is 296 Å². The van der Waals surface area contributed by atoms with Gasteiger partial charge in [-0.1, -0.05) is 80.6 Å². The van der Waals surface area contributed by atoms with Gasteiger partial charge in [0.15, 0.2) is 0 Å². The lowest BCUT2D eigenvalue weighted by Crippen LogP contribution is -2.59. The summed E-state index contributed by atoms with van der Waals surface area (Å²) in [6, 6.07) is 0.586. The zero-order chi connectivity index (χ0) is 35.1. The highest BCUT2D eigenvalue weighted by molar-refractivity contribution is 7.80. The molecule has 0 radical (unpaired) electrons. The monoisotopic (exact) mass is 697 g/mol. The molecule has 7 nitrogen and oxygen atoms in total. The molecule has 8 heteroatoms. The molecular formula is C40H76N2O5S. The Hall–Kier alpha value is -0.250. The van der Waals surface area contributed by atoms with Gasteiger partial charge in [0, 0.05) is 6.04 Å². The van der Waals surface area contributed by atoms with E-state index in [0.717, 1.165) is 38.4 Å². The molecule has 0 heterocycles. The molecule has 0 aromatic rings. The average molecular weight is 697 g/mol. The number of aliphatic hydroxyl groups is 1. The summed E-state index contributed by atoms with van der Waals surface area (Å²) in [5, 5.41) is 19.4. The molecular weight excluding hydrogens is 621 g/mol. The first-order valence-corrected chi connectivity index (χ1v) is 21.8. The van der Waals surface area contributed by atoms with Crippen LogP contribution >= 0.6 is 0 Å². The smallest absolute Gasteiger partial charge is 0.393 e. The van der Waals surface area contributed by atoms with Crippen LogP contribution in [0.3, 0.4) is 0 Å². The van der Waals surface area contributed by atoms with E-state index in [2.05, 4.69) is 45.3 Å². The summed E-state index contributed by atoms with van der Waals surface area (Å²) in [6.07, 6.45) is 19.8. The minimum absolute atomic E-state index is 0.0173. The van der Waals surface area contributed by atoms with Gasteiger partial charge in [0.1, 0.15) is 0 Å². The number of unbranched alkanes of at least 4 members (excludes halogenated alkanes) is 4. The van der Waals surface area contributed by atoms with Crippen molar-refractivity contribution in [3.05, 3.63) is 0 Å². The zero-order valence-corrected chi connectivity index (χ0v) is 32.8. The maximum atomic E-state index is 11.8. The fourth-order valence-corrected chi connectivity index (χ4v) is 12.3. The third kappa shape index (κ3) is 10.4. The summed E-state index contributed by atoms with van der Waals surface area (Å²) in [4.78, 5) is 0. The quantitative estimate of drug-likeness (QED) is 0.0745. The highest BCUT2D eigenvalue weighted by Crippen LogP contribution is 2.68. The van der Waals surface area contributed by atoms with Gasteiger partial charge < -0.3 is 15.7 Å². The molecule has 4 rings (SSSR count). The fraction of sp³-hybridized carbons (Fsp3) is 1.00. The van der Waals surface area contributed by atoms with E-state index in [1.807, 2.05) is 13.8 Å². The predicted octanol–water partition coefficient (Wildman–Crippen LogP) is 8.81. The standard InChI is InChI=1S/C40H76N2O5S/c1-28(2)14-11-9-8-10-12-23-41-24-13-25-42-32-19-21-39(6)31(26-32)27-36(43)38-34-17-16-33(40(34,7)22-20-35(38)39)30(5)15-18-37(29(3)4)47-48(44,45)46/h28-38,41-43H,8-27H2,1-7H3,(H,44,45,46)/t30-,31+,32+,33-,34?,35?,36+,37-,38?,39+,40-/m1/s1. The first kappa shape index (κ1) is 40.5. The SMILES string of the molecule is CC(C)CCCCCCCNCCCN[C@H]1CC[C@]2(C)C3CC[C@@]4(C)C(CC[C@@H]4[C@H](C)CC[C@@H](OS(=O)(=O)O)C(C)C)C3[C@@H](O)C[C@@H]2C1. The van der Waals surface area contributed by atoms with Crippen LogP contribution in [0.5, 0.6) is 0 Å². The van der Waals surface area contributed by atoms with Gasteiger partial charge in [-0.15, -0.1) is 0 Å². The molecule has 4 saturated carbocycles. The number of rotatable bonds is 20. The Morgan fingerprint density at radius 2 is 1.44 bits per heavy atom. The van der Waals surface area contributed by atoms with Crippen LogP contribution in [0.1, 0.15) is 158 Å². The third-order valence-corrected chi connectivity index (χ3v) is 14.9. The highest BCUT2D eigenvalue weighted by atomic mass is 32.3. The number of fused-ring (bicyclic) bond motifs is 5. The van der Waals surface area contributed by atoms with Crippen molar-refractivity contribution < 1.29 is 22.3 Å². The number of hydrogen-bond acceptors (Lipinski definition) is 6. The van der Waals surface area contributed by atoms with Crippen molar-refractivity contribution in [3.63, 3.8) is 0 Å². The van der Waals surface area contributed by atoms with Crippen molar-refractivity contribution in [3.8, 4) is 0 Å². The Bertz CT molecular complexity index is 1070. The highest BCUT2D eigenvalue weighted by Gasteiger charge is 2.62. The van der Waals surface area contributed by atoms with Gasteiger partial charge in [0.05, 0.1) is 12.2 Å². The molecule has 282 valence electrons. The summed E-state index contributed by atoms with van der Waals surface area (Å²) in [5.74, 6) is 4.09. The molecule has 4 aliphatic rings. The van der Waals surface area contributed by atoms with Crippen molar-refractivity contribution in [2.24, 2.45) is 58.2 Å². The lowest BCUT2D eigenvalue weighted by molar-refractivity contribution is -0.167. The summed E-state index contributed by atoms with van der Waals surface area (Å²) < 4.78 is 37.2. The van der Waals surface area contributed by atoms with E-state index in [0.29, 0.717) is 53.4 Å². The van der Waals surface area contributed by atoms with Crippen LogP contribution in [-0.4, -0.2) is 56.0 Å². The van der Waals surface area contributed by atoms with Crippen molar-refractivity contribution >= 4 is 10.4 Å². The van der Waals surface area contributed by atoms with Gasteiger partial charge in [-0.3, -0.25) is 4.55 Å². The Balaban J connectivity index is 1.21. The van der Waals surface area contributed by atoms with Crippen LogP contribution in [0.2, 0.25) is 0 Å². The van der Waals surface area contributed by atoms with E-state index in [-0.39, 0.29) is 17.4 Å². The second-order valence-electron chi connectivity index (χ2n) is 18.4. The van der Waals surface area contributed by atoms with Gasteiger partial charge in [0.2, 0.25) is 0 Å². The molecule has 0 aromatic carbocycles. The van der Waals surface area contributed by atoms with E-state index in [1.54, 1.807) is 0 Å². The molecule has 3 unspecified atom stereocenters. The minimum Gasteiger partial charge on any atom is -0.393 e. The topological polar surface area (TPSA) is 108 Å². The lowest BCUT2D eigenvalue weighted by atomic mass is 9.43. The summed E-state index contributed by atoms with van der Waals surface area (Å²) in [5.41, 5.74) is 0.559. The van der Waals surface area contributed by atoms with Crippen molar-refractivity contribution in [2.45, 2.75) is 176 Å². The maximum Gasteiger partial charge on any atom is 0.397 e. The van der Waals surface area contributed by atoms with E-state index in [1.165, 1.54) is 89.9 Å². The molecule has 0 amide bonds. The Morgan fingerprint density at radius 3 is 2.15 bits per heavy atom. The molecule has 0 bridgehead atoms. The molecule has 0 aliphatic heterocycles. The molecule has 11 atom stereocenters. The molecule has 4 N–H and O–H groups in total. The van der Waals surface area contributed by atoms with Crippen LogP contribution in [0, 0.1) is 58.2 Å². The first-order valence-electron chi connectivity index (χ1n) is 20.4. The first-order chi connectivity index (χ1) is 22.7. The van der Waals surface area contributed by atoms with E-state index in [9.17, 15) is 18.1 Å². The number of nitrogens with one attached hydrogen (secondary N) is 2. The van der Waals surface area contributed by atoms with Crippen LogP contribution in [0.15, 0.2) is 0 Å². The van der Waals surface area contributed by atoms with Gasteiger partial charge in [-0.25, -0.2) is 4.18 Å². The second-order valence-corrected chi connectivity index (χ2v) is 19.4. The van der Waals surface area contributed by atoms with Crippen molar-refractivity contribution in [2.75, 3.05) is 19.6 Å². The Morgan fingerprint density at radius 1 is 0.771 bits per heavy atom. The van der Waals surface area contributed by atoms with Crippen LogP contribution in [-0.2, 0) is 14.6 Å².